The largest absolute Gasteiger partial charge is 0.436 e. The summed E-state index contributed by atoms with van der Waals surface area (Å²) in [6.07, 6.45) is 2.05. The first-order chi connectivity index (χ1) is 25.3. The second-order valence-corrected chi connectivity index (χ2v) is 13.6. The minimum absolute atomic E-state index is 0.497. The number of oxazole rings is 1. The van der Waals surface area contributed by atoms with E-state index in [0.717, 1.165) is 98.5 Å². The fraction of sp³-hybridized carbons (Fsp3) is 0. The van der Waals surface area contributed by atoms with E-state index < -0.39 is 0 Å². The van der Waals surface area contributed by atoms with Crippen LogP contribution in [0.15, 0.2) is 138 Å². The maximum atomic E-state index is 6.69. The highest BCUT2D eigenvalue weighted by Crippen LogP contribution is 2.52. The van der Waals surface area contributed by atoms with Crippen LogP contribution in [0, 0.1) is 0 Å². The molecule has 0 fully saturated rings. The highest BCUT2D eigenvalue weighted by atomic mass is 32.1. The summed E-state index contributed by atoms with van der Waals surface area (Å²) in [5.74, 6) is 1.22. The average molecular weight is 676 g/mol. The fourth-order valence-corrected chi connectivity index (χ4v) is 8.27. The van der Waals surface area contributed by atoms with Crippen molar-refractivity contribution in [2.45, 2.75) is 0 Å². The zero-order valence-electron chi connectivity index (χ0n) is 26.8. The van der Waals surface area contributed by atoms with E-state index in [2.05, 4.69) is 75.7 Å². The predicted molar refractivity (Wildman–Crippen MR) is 206 cm³/mol. The molecule has 5 heterocycles. The molecule has 0 aliphatic rings. The normalized spacial score (nSPS) is 11.9. The molecule has 0 aliphatic heterocycles. The van der Waals surface area contributed by atoms with Gasteiger partial charge in [0.1, 0.15) is 22.0 Å². The number of nitrogens with one attached hydrogen (secondary N) is 3. The van der Waals surface area contributed by atoms with Gasteiger partial charge in [0, 0.05) is 39.2 Å². The quantitative estimate of drug-likeness (QED) is 0.168. The molecular weight excluding hydrogens is 651 g/mol. The van der Waals surface area contributed by atoms with Crippen LogP contribution in [0.2, 0.25) is 0 Å². The van der Waals surface area contributed by atoms with Gasteiger partial charge in [0.15, 0.2) is 5.58 Å². The zero-order valence-corrected chi connectivity index (χ0v) is 27.6. The molecule has 0 radical (unpaired) electrons. The van der Waals surface area contributed by atoms with Gasteiger partial charge in [0.2, 0.25) is 5.89 Å². The van der Waals surface area contributed by atoms with Crippen molar-refractivity contribution in [3.63, 3.8) is 0 Å². The molecule has 0 aliphatic carbocycles. The van der Waals surface area contributed by atoms with Gasteiger partial charge < -0.3 is 14.4 Å². The molecule has 0 saturated carbocycles. The Morgan fingerprint density at radius 3 is 2.20 bits per heavy atom. The number of para-hydroxylation sites is 6. The maximum Gasteiger partial charge on any atom is 0.228 e. The van der Waals surface area contributed by atoms with Crippen molar-refractivity contribution in [1.82, 2.24) is 35.1 Å². The maximum absolute atomic E-state index is 6.69. The Labute approximate surface area is 293 Å². The van der Waals surface area contributed by atoms with Gasteiger partial charge in [-0.05, 0) is 53.9 Å². The van der Waals surface area contributed by atoms with Gasteiger partial charge in [-0.2, -0.15) is 5.10 Å². The molecule has 3 N–H and O–H groups in total. The number of aromatic amines is 3. The molecule has 6 aromatic carbocycles. The summed E-state index contributed by atoms with van der Waals surface area (Å²) in [5.41, 5.74) is 11.2. The lowest BCUT2D eigenvalue weighted by Gasteiger charge is -2.19. The van der Waals surface area contributed by atoms with Crippen molar-refractivity contribution in [1.29, 1.82) is 0 Å². The second kappa shape index (κ2) is 10.8. The van der Waals surface area contributed by atoms with Crippen molar-refractivity contribution in [3.8, 4) is 55.9 Å². The summed E-state index contributed by atoms with van der Waals surface area (Å²) < 4.78 is 7.77. The third kappa shape index (κ3) is 4.32. The van der Waals surface area contributed by atoms with Crippen LogP contribution in [0.3, 0.4) is 0 Å². The summed E-state index contributed by atoms with van der Waals surface area (Å²) in [6, 6.07) is 43.0. The van der Waals surface area contributed by atoms with Gasteiger partial charge >= 0.3 is 0 Å². The summed E-state index contributed by atoms with van der Waals surface area (Å²) in [6.45, 7) is 0. The van der Waals surface area contributed by atoms with Gasteiger partial charge in [0.25, 0.3) is 0 Å². The van der Waals surface area contributed by atoms with Gasteiger partial charge in [-0.1, -0.05) is 78.9 Å². The minimum Gasteiger partial charge on any atom is -0.436 e. The predicted octanol–water partition coefficient (Wildman–Crippen LogP) is 11.0. The number of aromatic nitrogens is 7. The highest BCUT2D eigenvalue weighted by molar-refractivity contribution is 7.21. The van der Waals surface area contributed by atoms with Gasteiger partial charge in [-0.3, -0.25) is 5.10 Å². The first-order valence-corrected chi connectivity index (χ1v) is 17.5. The number of hydrogen-bond acceptors (Lipinski definition) is 6. The van der Waals surface area contributed by atoms with E-state index in [-0.39, 0.29) is 0 Å². The molecule has 11 aromatic rings. The third-order valence-corrected chi connectivity index (χ3v) is 10.6. The Morgan fingerprint density at radius 1 is 0.588 bits per heavy atom. The van der Waals surface area contributed by atoms with Crippen molar-refractivity contribution in [2.24, 2.45) is 0 Å². The second-order valence-electron chi connectivity index (χ2n) is 12.5. The summed E-state index contributed by atoms with van der Waals surface area (Å²) in [4.78, 5) is 22.9. The number of rotatable bonds is 5. The van der Waals surface area contributed by atoms with Crippen LogP contribution in [-0.4, -0.2) is 35.1 Å². The van der Waals surface area contributed by atoms with E-state index >= 15 is 0 Å². The number of benzene rings is 6. The molecule has 0 bridgehead atoms. The van der Waals surface area contributed by atoms with Gasteiger partial charge in [-0.25, -0.2) is 15.0 Å². The lowest BCUT2D eigenvalue weighted by atomic mass is 9.86. The van der Waals surface area contributed by atoms with Crippen LogP contribution in [0.25, 0.3) is 110 Å². The molecular formula is C42H25N7OS. The van der Waals surface area contributed by atoms with Crippen molar-refractivity contribution in [2.75, 3.05) is 0 Å². The smallest absolute Gasteiger partial charge is 0.228 e. The third-order valence-electron chi connectivity index (χ3n) is 9.57. The zero-order chi connectivity index (χ0) is 33.5. The molecule has 5 aromatic heterocycles. The first-order valence-electron chi connectivity index (χ1n) is 16.6. The minimum atomic E-state index is 0.497. The molecule has 0 unspecified atom stereocenters. The molecule has 51 heavy (non-hydrogen) atoms. The van der Waals surface area contributed by atoms with Crippen LogP contribution < -0.4 is 0 Å². The van der Waals surface area contributed by atoms with E-state index in [4.69, 9.17) is 24.5 Å². The molecule has 9 heteroatoms. The first kappa shape index (κ1) is 28.0. The van der Waals surface area contributed by atoms with E-state index in [1.54, 1.807) is 11.3 Å². The van der Waals surface area contributed by atoms with Crippen LogP contribution in [0.4, 0.5) is 0 Å². The topological polar surface area (TPSA) is 112 Å². The molecule has 11 rings (SSSR count). The number of nitrogens with zero attached hydrogens (tertiary/aromatic N) is 4. The fourth-order valence-electron chi connectivity index (χ4n) is 7.24. The van der Waals surface area contributed by atoms with Crippen LogP contribution in [0.1, 0.15) is 0 Å². The SMILES string of the molecule is c1ccc2c(-c3cc(-c4nc5ccccc5[nH]4)c(-c4n[nH]c5ccccc45)c(-c4nc5ccccc5s4)c3-c3nc4ccccc4o3)[nH]cc2c1. The molecule has 8 nitrogen and oxygen atoms in total. The Kier molecular flexibility index (Phi) is 5.96. The Morgan fingerprint density at radius 2 is 1.33 bits per heavy atom. The summed E-state index contributed by atoms with van der Waals surface area (Å²) >= 11 is 1.64. The van der Waals surface area contributed by atoms with Crippen LogP contribution in [0.5, 0.6) is 0 Å². The van der Waals surface area contributed by atoms with Crippen molar-refractivity contribution < 1.29 is 4.42 Å². The average Bonchev–Trinajstić information content (AvgIpc) is 4.02. The highest BCUT2D eigenvalue weighted by Gasteiger charge is 2.31. The molecule has 240 valence electrons. The van der Waals surface area contributed by atoms with Crippen LogP contribution >= 0.6 is 11.3 Å². The van der Waals surface area contributed by atoms with E-state index in [1.165, 1.54) is 0 Å². The standard InChI is InChI=1S/C42H25N7OS/c1-2-12-24-23(11-1)22-43-38(24)26-21-27(40-44-29-15-5-6-16-30(29)45-40)35(39-25-13-3-4-14-28(25)48-49-39)37(42-47-32-18-8-10-20-34(32)51-42)36(26)41-46-31-17-7-9-19-33(31)50-41/h1-22,43H,(H,44,45)(H,48,49). The van der Waals surface area contributed by atoms with E-state index in [0.29, 0.717) is 11.5 Å². The number of hydrogen-bond donors (Lipinski definition) is 3. The van der Waals surface area contributed by atoms with Crippen molar-refractivity contribution in [3.05, 3.63) is 134 Å². The van der Waals surface area contributed by atoms with Gasteiger partial charge in [-0.15, -0.1) is 11.3 Å². The number of thiazole rings is 1. The van der Waals surface area contributed by atoms with Gasteiger partial charge in [0.05, 0.1) is 38.0 Å². The Bertz CT molecular complexity index is 3020. The van der Waals surface area contributed by atoms with Crippen molar-refractivity contribution >= 4 is 65.4 Å². The monoisotopic (exact) mass is 675 g/mol. The molecule has 0 saturated heterocycles. The Balaban J connectivity index is 1.38. The number of imidazole rings is 1. The number of H-pyrrole nitrogens is 3. The summed E-state index contributed by atoms with van der Waals surface area (Å²) in [5, 5.41) is 12.3. The molecule has 0 spiro atoms. The lowest BCUT2D eigenvalue weighted by molar-refractivity contribution is 0.620. The van der Waals surface area contributed by atoms with Crippen LogP contribution in [-0.2, 0) is 0 Å². The summed E-state index contributed by atoms with van der Waals surface area (Å²) in [7, 11) is 0. The molecule has 0 amide bonds. The Hall–Kier alpha value is -6.84. The van der Waals surface area contributed by atoms with E-state index in [1.807, 2.05) is 72.9 Å². The molecule has 0 atom stereocenters. The van der Waals surface area contributed by atoms with E-state index in [9.17, 15) is 0 Å². The lowest BCUT2D eigenvalue weighted by Crippen LogP contribution is -1.99. The number of fused-ring (bicyclic) bond motifs is 5.